The Bertz CT molecular complexity index is 202. The minimum Gasteiger partial charge on any atom is -1.00 e. The standard InChI is InChI=1S/C6H14N.C3H3N.C3H6S.ClH/c1-5-6-7(2,3)4;2*1-2-3-4;/h5H,1,6H2,2-4H3;2H,1H2;2,4H,1,3H2;1H/q+1;;;/p-1. The van der Waals surface area contributed by atoms with E-state index in [1.54, 1.807) is 12.1 Å². The fraction of sp³-hybridized carbons (Fsp3) is 0.417. The highest BCUT2D eigenvalue weighted by atomic mass is 35.5. The van der Waals surface area contributed by atoms with Crippen molar-refractivity contribution in [1.82, 2.24) is 0 Å². The largest absolute Gasteiger partial charge is 1.00 e. The summed E-state index contributed by atoms with van der Waals surface area (Å²) in [6.45, 7) is 11.2. The molecule has 0 fully saturated rings. The van der Waals surface area contributed by atoms with Gasteiger partial charge < -0.3 is 16.9 Å². The zero-order chi connectivity index (χ0) is 12.7. The average molecular weight is 263 g/mol. The van der Waals surface area contributed by atoms with Crippen LogP contribution in [0.1, 0.15) is 0 Å². The summed E-state index contributed by atoms with van der Waals surface area (Å²) in [7, 11) is 6.42. The van der Waals surface area contributed by atoms with Crippen LogP contribution in [-0.4, -0.2) is 37.9 Å². The van der Waals surface area contributed by atoms with Crippen molar-refractivity contribution in [1.29, 1.82) is 5.26 Å². The fourth-order valence-electron chi connectivity index (χ4n) is 0.387. The Balaban J connectivity index is -0.0000000700. The molecule has 0 saturated heterocycles. The van der Waals surface area contributed by atoms with E-state index in [4.69, 9.17) is 5.26 Å². The van der Waals surface area contributed by atoms with Crippen molar-refractivity contribution >= 4 is 12.6 Å². The van der Waals surface area contributed by atoms with Crippen LogP contribution in [0, 0.1) is 11.3 Å². The molecule has 0 saturated carbocycles. The van der Waals surface area contributed by atoms with E-state index in [1.165, 1.54) is 6.08 Å². The Morgan fingerprint density at radius 2 is 1.50 bits per heavy atom. The van der Waals surface area contributed by atoms with Gasteiger partial charge in [0.05, 0.1) is 33.8 Å². The quantitative estimate of drug-likeness (QED) is 0.321. The van der Waals surface area contributed by atoms with E-state index in [0.29, 0.717) is 0 Å². The number of hydrogen-bond donors (Lipinski definition) is 1. The molecule has 0 aliphatic heterocycles. The molecule has 0 rings (SSSR count). The molecule has 0 heterocycles. The molecule has 0 aromatic heterocycles. The number of allylic oxidation sites excluding steroid dienone is 1. The normalized spacial score (nSPS) is 7.44. The molecule has 0 bridgehead atoms. The lowest BCUT2D eigenvalue weighted by atomic mass is 10.5. The fourth-order valence-corrected chi connectivity index (χ4v) is 0.387. The van der Waals surface area contributed by atoms with Crippen LogP contribution in [0.15, 0.2) is 38.0 Å². The van der Waals surface area contributed by atoms with Gasteiger partial charge in [-0.3, -0.25) is 0 Å². The molecule has 0 atom stereocenters. The lowest BCUT2D eigenvalue weighted by Crippen LogP contribution is -3.00. The third-order valence-electron chi connectivity index (χ3n) is 0.897. The third-order valence-corrected chi connectivity index (χ3v) is 1.16. The van der Waals surface area contributed by atoms with Crippen LogP contribution in [0.5, 0.6) is 0 Å². The van der Waals surface area contributed by atoms with E-state index >= 15 is 0 Å². The van der Waals surface area contributed by atoms with Crippen LogP contribution < -0.4 is 12.4 Å². The predicted molar refractivity (Wildman–Crippen MR) is 73.0 cm³/mol. The van der Waals surface area contributed by atoms with Gasteiger partial charge in [0.2, 0.25) is 0 Å². The smallest absolute Gasteiger partial charge is 0.0964 e. The molecule has 2 nitrogen and oxygen atoms in total. The maximum absolute atomic E-state index is 7.51. The van der Waals surface area contributed by atoms with Crippen molar-refractivity contribution < 1.29 is 16.9 Å². The van der Waals surface area contributed by atoms with Crippen LogP contribution in [0.3, 0.4) is 0 Å². The number of thiol groups is 1. The van der Waals surface area contributed by atoms with Gasteiger partial charge in [0.1, 0.15) is 0 Å². The lowest BCUT2D eigenvalue weighted by Gasteiger charge is -2.21. The van der Waals surface area contributed by atoms with Gasteiger partial charge in [0.15, 0.2) is 0 Å². The number of quaternary nitrogens is 1. The van der Waals surface area contributed by atoms with Crippen LogP contribution in [0.25, 0.3) is 0 Å². The van der Waals surface area contributed by atoms with Gasteiger partial charge in [-0.25, -0.2) is 0 Å². The molecule has 94 valence electrons. The number of nitriles is 1. The number of hydrogen-bond acceptors (Lipinski definition) is 2. The Kier molecular flexibility index (Phi) is 30.4. The first kappa shape index (κ1) is 24.5. The zero-order valence-corrected chi connectivity index (χ0v) is 12.1. The molecule has 0 spiro atoms. The van der Waals surface area contributed by atoms with Gasteiger partial charge >= 0.3 is 0 Å². The van der Waals surface area contributed by atoms with Gasteiger partial charge in [-0.15, -0.1) is 6.58 Å². The maximum atomic E-state index is 7.51. The van der Waals surface area contributed by atoms with Crippen molar-refractivity contribution in [3.63, 3.8) is 0 Å². The minimum atomic E-state index is 0. The molecule has 0 aromatic rings. The summed E-state index contributed by atoms with van der Waals surface area (Å²) >= 11 is 3.80. The van der Waals surface area contributed by atoms with Gasteiger partial charge in [-0.1, -0.05) is 19.2 Å². The summed E-state index contributed by atoms with van der Waals surface area (Å²) in [6.07, 6.45) is 4.85. The highest BCUT2D eigenvalue weighted by Gasteiger charge is 1.99. The van der Waals surface area contributed by atoms with Crippen molar-refractivity contribution in [3.8, 4) is 6.07 Å². The SMILES string of the molecule is C=CC#N.C=CCS.C=CC[N+](C)(C)C.[Cl-]. The number of likely N-dealkylation sites (N-methyl/N-ethyl adjacent to an activating group) is 1. The first-order valence-corrected chi connectivity index (χ1v) is 5.16. The van der Waals surface area contributed by atoms with Gasteiger partial charge in [0.25, 0.3) is 0 Å². The summed E-state index contributed by atoms with van der Waals surface area (Å²) in [5.74, 6) is 0.778. The molecule has 0 aromatic carbocycles. The van der Waals surface area contributed by atoms with Crippen molar-refractivity contribution in [3.05, 3.63) is 38.0 Å². The van der Waals surface area contributed by atoms with Crippen LogP contribution in [0.2, 0.25) is 0 Å². The third kappa shape index (κ3) is 71.5. The average Bonchev–Trinajstić information content (AvgIpc) is 2.17. The monoisotopic (exact) mass is 262 g/mol. The molecular weight excluding hydrogens is 240 g/mol. The van der Waals surface area contributed by atoms with Crippen molar-refractivity contribution in [2.45, 2.75) is 0 Å². The predicted octanol–water partition coefficient (Wildman–Crippen LogP) is -0.319. The van der Waals surface area contributed by atoms with E-state index in [2.05, 4.69) is 53.5 Å². The second-order valence-electron chi connectivity index (χ2n) is 3.57. The molecule has 0 aliphatic carbocycles. The second kappa shape index (κ2) is 19.8. The summed E-state index contributed by atoms with van der Waals surface area (Å²) in [5, 5.41) is 7.51. The molecule has 16 heavy (non-hydrogen) atoms. The lowest BCUT2D eigenvalue weighted by molar-refractivity contribution is -0.864. The minimum absolute atomic E-state index is 0. The number of nitrogens with zero attached hydrogens (tertiary/aromatic N) is 2. The highest BCUT2D eigenvalue weighted by molar-refractivity contribution is 7.80. The van der Waals surface area contributed by atoms with Crippen molar-refractivity contribution in [2.75, 3.05) is 33.4 Å². The molecule has 0 amide bonds. The molecule has 0 radical (unpaired) electrons. The number of halogens is 1. The summed E-state index contributed by atoms with van der Waals surface area (Å²) in [5.41, 5.74) is 0. The Hall–Kier alpha value is -0.690. The molecule has 0 unspecified atom stereocenters. The van der Waals surface area contributed by atoms with E-state index in [-0.39, 0.29) is 12.4 Å². The van der Waals surface area contributed by atoms with E-state index in [0.717, 1.165) is 16.8 Å². The summed E-state index contributed by atoms with van der Waals surface area (Å²) in [4.78, 5) is 0. The Morgan fingerprint density at radius 1 is 1.19 bits per heavy atom. The highest BCUT2D eigenvalue weighted by Crippen LogP contribution is 1.86. The van der Waals surface area contributed by atoms with Crippen LogP contribution in [0.4, 0.5) is 0 Å². The molecule has 0 aliphatic rings. The Labute approximate surface area is 112 Å². The first-order valence-electron chi connectivity index (χ1n) is 4.53. The van der Waals surface area contributed by atoms with Crippen LogP contribution >= 0.6 is 12.6 Å². The summed E-state index contributed by atoms with van der Waals surface area (Å²) < 4.78 is 0.976. The van der Waals surface area contributed by atoms with Gasteiger partial charge in [-0.05, 0) is 6.08 Å². The van der Waals surface area contributed by atoms with Crippen LogP contribution in [-0.2, 0) is 0 Å². The van der Waals surface area contributed by atoms with E-state index < -0.39 is 0 Å². The molecule has 0 N–H and O–H groups in total. The van der Waals surface area contributed by atoms with Crippen molar-refractivity contribution in [2.24, 2.45) is 0 Å². The molecular formula is C12H23ClN2S. The van der Waals surface area contributed by atoms with E-state index in [1.807, 2.05) is 6.08 Å². The first-order chi connectivity index (χ1) is 6.89. The molecule has 4 heteroatoms. The maximum Gasteiger partial charge on any atom is 0.0964 e. The Morgan fingerprint density at radius 3 is 1.50 bits per heavy atom. The second-order valence-corrected chi connectivity index (χ2v) is 3.93. The number of rotatable bonds is 3. The summed E-state index contributed by atoms with van der Waals surface area (Å²) in [6, 6.07) is 1.69. The van der Waals surface area contributed by atoms with Gasteiger partial charge in [0, 0.05) is 11.8 Å². The van der Waals surface area contributed by atoms with Gasteiger partial charge in [-0.2, -0.15) is 17.9 Å². The topological polar surface area (TPSA) is 23.8 Å². The zero-order valence-electron chi connectivity index (χ0n) is 10.5. The van der Waals surface area contributed by atoms with E-state index in [9.17, 15) is 0 Å².